The molecule has 6 heteroatoms. The van der Waals surface area contributed by atoms with E-state index >= 15 is 0 Å². The average Bonchev–Trinajstić information content (AvgIpc) is 3.32. The van der Waals surface area contributed by atoms with Gasteiger partial charge in [-0.25, -0.2) is 0 Å². The molecule has 6 nitrogen and oxygen atoms in total. The van der Waals surface area contributed by atoms with E-state index in [1.54, 1.807) is 6.08 Å². The summed E-state index contributed by atoms with van der Waals surface area (Å²) in [6.45, 7) is 4.90. The number of unbranched alkanes of at least 4 members (excludes halogenated alkanes) is 42. The fraction of sp³-hybridized carbons (Fsp3) is 0.900. The van der Waals surface area contributed by atoms with Crippen molar-refractivity contribution < 1.29 is 24.5 Å². The van der Waals surface area contributed by atoms with Gasteiger partial charge in [0.1, 0.15) is 0 Å². The van der Waals surface area contributed by atoms with Gasteiger partial charge in [-0.3, -0.25) is 9.59 Å². The number of allylic oxidation sites excluding steroid dienone is 3. The lowest BCUT2D eigenvalue weighted by Crippen LogP contribution is -2.45. The zero-order chi connectivity index (χ0) is 47.9. The third-order valence-electron chi connectivity index (χ3n) is 13.7. The third kappa shape index (κ3) is 51.7. The second-order valence-corrected chi connectivity index (χ2v) is 20.3. The normalized spacial score (nSPS) is 12.7. The zero-order valence-corrected chi connectivity index (χ0v) is 44.4. The van der Waals surface area contributed by atoms with Crippen LogP contribution in [0.4, 0.5) is 0 Å². The second-order valence-electron chi connectivity index (χ2n) is 20.3. The van der Waals surface area contributed by atoms with Crippen molar-refractivity contribution in [3.05, 3.63) is 24.3 Å². The number of hydrogen-bond acceptors (Lipinski definition) is 5. The van der Waals surface area contributed by atoms with Gasteiger partial charge in [-0.05, 0) is 57.8 Å². The summed E-state index contributed by atoms with van der Waals surface area (Å²) in [6.07, 6.45) is 67.7. The maximum Gasteiger partial charge on any atom is 0.305 e. The molecule has 66 heavy (non-hydrogen) atoms. The number of nitrogens with one attached hydrogen (secondary N) is 1. The first kappa shape index (κ1) is 64.3. The minimum atomic E-state index is -0.849. The fourth-order valence-electron chi connectivity index (χ4n) is 9.16. The second kappa shape index (κ2) is 55.9. The average molecular weight is 931 g/mol. The molecule has 0 saturated heterocycles. The van der Waals surface area contributed by atoms with Crippen LogP contribution in [0.5, 0.6) is 0 Å². The molecule has 0 spiro atoms. The molecule has 3 N–H and O–H groups in total. The van der Waals surface area contributed by atoms with Gasteiger partial charge in [0.25, 0.3) is 0 Å². The number of carbonyl (C=O) groups is 2. The van der Waals surface area contributed by atoms with Crippen LogP contribution < -0.4 is 5.32 Å². The van der Waals surface area contributed by atoms with Gasteiger partial charge in [-0.1, -0.05) is 276 Å². The number of aliphatic hydroxyl groups excluding tert-OH is 2. The van der Waals surface area contributed by atoms with Crippen LogP contribution in [-0.4, -0.2) is 47.4 Å². The molecule has 390 valence electrons. The van der Waals surface area contributed by atoms with E-state index in [1.807, 2.05) is 6.08 Å². The summed E-state index contributed by atoms with van der Waals surface area (Å²) in [6, 6.07) is -0.633. The molecule has 0 bridgehead atoms. The zero-order valence-electron chi connectivity index (χ0n) is 44.4. The van der Waals surface area contributed by atoms with Crippen LogP contribution in [0.15, 0.2) is 24.3 Å². The lowest BCUT2D eigenvalue weighted by molar-refractivity contribution is -0.143. The van der Waals surface area contributed by atoms with Crippen molar-refractivity contribution >= 4 is 11.9 Å². The van der Waals surface area contributed by atoms with E-state index in [0.29, 0.717) is 19.4 Å². The van der Waals surface area contributed by atoms with Gasteiger partial charge in [0.2, 0.25) is 5.91 Å². The van der Waals surface area contributed by atoms with E-state index in [9.17, 15) is 19.8 Å². The molecular formula is C60H115NO5. The van der Waals surface area contributed by atoms with Crippen LogP contribution in [-0.2, 0) is 14.3 Å². The number of hydrogen-bond donors (Lipinski definition) is 3. The molecule has 0 aliphatic heterocycles. The SMILES string of the molecule is CCCCCCCC/C=C\CCCCCCCCCC(=O)OCCCCCCCCCCCCCCCCCCC(=O)NC(CO)C(O)/C=C/CCCCCCCCCCCCCCCC. The highest BCUT2D eigenvalue weighted by Gasteiger charge is 2.18. The predicted molar refractivity (Wildman–Crippen MR) is 287 cm³/mol. The summed E-state index contributed by atoms with van der Waals surface area (Å²) in [5.74, 6) is -0.0740. The van der Waals surface area contributed by atoms with Crippen LogP contribution in [0.2, 0.25) is 0 Å². The Labute approximate surface area is 411 Å². The van der Waals surface area contributed by atoms with Crippen LogP contribution in [0, 0.1) is 0 Å². The van der Waals surface area contributed by atoms with Crippen molar-refractivity contribution in [3.63, 3.8) is 0 Å². The molecule has 0 rings (SSSR count). The molecule has 0 aromatic heterocycles. The van der Waals surface area contributed by atoms with Crippen molar-refractivity contribution in [1.29, 1.82) is 0 Å². The molecular weight excluding hydrogens is 815 g/mol. The van der Waals surface area contributed by atoms with Gasteiger partial charge in [-0.15, -0.1) is 0 Å². The lowest BCUT2D eigenvalue weighted by atomic mass is 10.0. The summed E-state index contributed by atoms with van der Waals surface area (Å²) in [4.78, 5) is 24.5. The summed E-state index contributed by atoms with van der Waals surface area (Å²) >= 11 is 0. The Balaban J connectivity index is 3.44. The number of ether oxygens (including phenoxy) is 1. The standard InChI is InChI=1S/C60H115NO5/c1-3-5-7-9-11-13-15-17-19-21-26-30-34-38-42-46-50-54-60(65)66-55-51-47-43-39-35-31-27-23-22-25-29-33-37-41-45-49-53-59(64)61-57(56-62)58(63)52-48-44-40-36-32-28-24-20-18-16-14-12-10-8-6-4-2/h17,19,48,52,57-58,62-63H,3-16,18,20-47,49-51,53-56H2,1-2H3,(H,61,64)/b19-17-,52-48+. The van der Waals surface area contributed by atoms with Crippen LogP contribution >= 0.6 is 0 Å². The Kier molecular flexibility index (Phi) is 54.5. The molecule has 0 fully saturated rings. The molecule has 1 amide bonds. The van der Waals surface area contributed by atoms with E-state index < -0.39 is 12.1 Å². The van der Waals surface area contributed by atoms with Crippen LogP contribution in [0.25, 0.3) is 0 Å². The minimum Gasteiger partial charge on any atom is -0.466 e. The van der Waals surface area contributed by atoms with Crippen molar-refractivity contribution in [2.24, 2.45) is 0 Å². The quantitative estimate of drug-likeness (QED) is 0.0321. The van der Waals surface area contributed by atoms with Crippen LogP contribution in [0.1, 0.15) is 322 Å². The Morgan fingerprint density at radius 3 is 1.08 bits per heavy atom. The van der Waals surface area contributed by atoms with Gasteiger partial charge in [-0.2, -0.15) is 0 Å². The molecule has 0 radical (unpaired) electrons. The Bertz CT molecular complexity index is 1030. The fourth-order valence-corrected chi connectivity index (χ4v) is 9.16. The Hall–Kier alpha value is -1.66. The lowest BCUT2D eigenvalue weighted by Gasteiger charge is -2.20. The predicted octanol–water partition coefficient (Wildman–Crippen LogP) is 18.2. The highest BCUT2D eigenvalue weighted by molar-refractivity contribution is 5.76. The smallest absolute Gasteiger partial charge is 0.305 e. The van der Waals surface area contributed by atoms with E-state index in [-0.39, 0.29) is 18.5 Å². The number of amides is 1. The number of esters is 1. The number of aliphatic hydroxyl groups is 2. The maximum absolute atomic E-state index is 12.5. The molecule has 0 aliphatic carbocycles. The molecule has 2 unspecified atom stereocenters. The van der Waals surface area contributed by atoms with Gasteiger partial charge in [0.05, 0.1) is 25.4 Å². The molecule has 0 aromatic rings. The third-order valence-corrected chi connectivity index (χ3v) is 13.7. The van der Waals surface area contributed by atoms with E-state index in [2.05, 4.69) is 31.3 Å². The van der Waals surface area contributed by atoms with Gasteiger partial charge in [0.15, 0.2) is 0 Å². The first-order chi connectivity index (χ1) is 32.5. The highest BCUT2D eigenvalue weighted by Crippen LogP contribution is 2.17. The van der Waals surface area contributed by atoms with Crippen LogP contribution in [0.3, 0.4) is 0 Å². The van der Waals surface area contributed by atoms with E-state index in [0.717, 1.165) is 44.9 Å². The molecule has 0 aliphatic rings. The first-order valence-corrected chi connectivity index (χ1v) is 29.6. The maximum atomic E-state index is 12.5. The molecule has 0 saturated carbocycles. The molecule has 0 aromatic carbocycles. The highest BCUT2D eigenvalue weighted by atomic mass is 16.5. The first-order valence-electron chi connectivity index (χ1n) is 29.6. The largest absolute Gasteiger partial charge is 0.466 e. The van der Waals surface area contributed by atoms with Gasteiger partial charge < -0.3 is 20.3 Å². The Morgan fingerprint density at radius 1 is 0.409 bits per heavy atom. The minimum absolute atomic E-state index is 0.000852. The summed E-state index contributed by atoms with van der Waals surface area (Å²) in [7, 11) is 0. The Morgan fingerprint density at radius 2 is 0.712 bits per heavy atom. The monoisotopic (exact) mass is 930 g/mol. The molecule has 0 heterocycles. The summed E-state index contributed by atoms with van der Waals surface area (Å²) in [5, 5.41) is 23.1. The van der Waals surface area contributed by atoms with Crippen molar-refractivity contribution in [3.8, 4) is 0 Å². The number of rotatable bonds is 55. The summed E-state index contributed by atoms with van der Waals surface area (Å²) < 4.78 is 5.48. The van der Waals surface area contributed by atoms with Crippen molar-refractivity contribution in [2.45, 2.75) is 334 Å². The van der Waals surface area contributed by atoms with Gasteiger partial charge in [0, 0.05) is 12.8 Å². The van der Waals surface area contributed by atoms with Crippen molar-refractivity contribution in [1.82, 2.24) is 5.32 Å². The van der Waals surface area contributed by atoms with Gasteiger partial charge >= 0.3 is 5.97 Å². The van der Waals surface area contributed by atoms with E-state index in [4.69, 9.17) is 4.74 Å². The number of carbonyl (C=O) groups excluding carboxylic acids is 2. The van der Waals surface area contributed by atoms with Crippen molar-refractivity contribution in [2.75, 3.05) is 13.2 Å². The topological polar surface area (TPSA) is 95.9 Å². The molecule has 2 atom stereocenters. The summed E-state index contributed by atoms with van der Waals surface area (Å²) in [5.41, 5.74) is 0. The van der Waals surface area contributed by atoms with E-state index in [1.165, 1.54) is 250 Å².